The minimum Gasteiger partial charge on any atom is -0.744 e. The van der Waals surface area contributed by atoms with E-state index in [4.69, 9.17) is 20.8 Å². The van der Waals surface area contributed by atoms with Gasteiger partial charge in [0, 0.05) is 58.0 Å². The van der Waals surface area contributed by atoms with E-state index >= 15 is 0 Å². The maximum atomic E-state index is 13.8. The summed E-state index contributed by atoms with van der Waals surface area (Å²) in [6, 6.07) is 40.9. The minimum absolute atomic E-state index is 0.0341. The predicted molar refractivity (Wildman–Crippen MR) is 259 cm³/mol. The van der Waals surface area contributed by atoms with Crippen molar-refractivity contribution in [2.24, 2.45) is 0 Å². The van der Waals surface area contributed by atoms with Crippen molar-refractivity contribution in [3.8, 4) is 12.1 Å². The van der Waals surface area contributed by atoms with Crippen molar-refractivity contribution in [1.82, 2.24) is 15.0 Å². The Morgan fingerprint density at radius 3 is 1.71 bits per heavy atom. The van der Waals surface area contributed by atoms with Crippen LogP contribution in [0.1, 0.15) is 11.1 Å². The second-order valence-electron chi connectivity index (χ2n) is 14.2. The van der Waals surface area contributed by atoms with Crippen LogP contribution in [0.15, 0.2) is 199 Å². The Labute approximate surface area is 401 Å². The maximum Gasteiger partial charge on any atom is 0.436 e. The number of aromatic amines is 4. The van der Waals surface area contributed by atoms with E-state index in [1.54, 1.807) is 78.9 Å². The van der Waals surface area contributed by atoms with Gasteiger partial charge < -0.3 is 25.2 Å². The molecule has 1 atom stereocenters. The summed E-state index contributed by atoms with van der Waals surface area (Å²) < 4.78 is 115. The zero-order valence-corrected chi connectivity index (χ0v) is 38.8. The predicted octanol–water partition coefficient (Wildman–Crippen LogP) is 6.76. The molecular weight excluding hydrogens is 965 g/mol. The number of allylic oxidation sites excluding steroid dienone is 2. The van der Waals surface area contributed by atoms with Crippen LogP contribution in [0.2, 0.25) is 0 Å². The average molecular weight is 1010 g/mol. The number of halogens is 2. The molecule has 0 saturated heterocycles. The second kappa shape index (κ2) is 24.5. The van der Waals surface area contributed by atoms with Crippen molar-refractivity contribution in [3.63, 3.8) is 0 Å². The Morgan fingerprint density at radius 2 is 1.23 bits per heavy atom. The molecule has 4 aromatic heterocycles. The number of nitrogens with zero attached hydrogens (tertiary/aromatic N) is 2. The Hall–Kier alpha value is -8.48. The van der Waals surface area contributed by atoms with Crippen molar-refractivity contribution < 1.29 is 52.4 Å². The molecule has 17 nitrogen and oxygen atoms in total. The average Bonchev–Trinajstić information content (AvgIpc) is 4.14. The van der Waals surface area contributed by atoms with E-state index in [1.165, 1.54) is 53.8 Å². The summed E-state index contributed by atoms with van der Waals surface area (Å²) in [4.78, 5) is 11.4. The number of anilines is 2. The highest BCUT2D eigenvalue weighted by molar-refractivity contribution is 7.93. The van der Waals surface area contributed by atoms with Crippen LogP contribution in [0.25, 0.3) is 32.7 Å². The first-order valence-electron chi connectivity index (χ1n) is 20.3. The van der Waals surface area contributed by atoms with Gasteiger partial charge in [0.1, 0.15) is 39.4 Å². The zero-order chi connectivity index (χ0) is 50.7. The third-order valence-electron chi connectivity index (χ3n) is 9.38. The van der Waals surface area contributed by atoms with Crippen molar-refractivity contribution in [2.45, 2.75) is 9.79 Å². The third kappa shape index (κ3) is 15.3. The number of rotatable bonds is 5. The lowest BCUT2D eigenvalue weighted by atomic mass is 10.2. The highest BCUT2D eigenvalue weighted by atomic mass is 32.2. The lowest BCUT2D eigenvalue weighted by Gasteiger charge is -2.08. The number of H-pyrrole nitrogens is 4. The molecule has 22 heteroatoms. The smallest absolute Gasteiger partial charge is 0.436 e. The first-order chi connectivity index (χ1) is 33.4. The highest BCUT2D eigenvalue weighted by Crippen LogP contribution is 2.26. The van der Waals surface area contributed by atoms with Gasteiger partial charge in [0.2, 0.25) is 0 Å². The summed E-state index contributed by atoms with van der Waals surface area (Å²) in [5.41, 5.74) is 7.95. The fourth-order valence-electron chi connectivity index (χ4n) is 6.00. The molecule has 1 aliphatic rings. The number of benzene rings is 5. The number of para-hydroxylation sites is 3. The molecule has 1 unspecified atom stereocenters. The van der Waals surface area contributed by atoms with Gasteiger partial charge in [0.15, 0.2) is 12.4 Å². The van der Waals surface area contributed by atoms with E-state index in [2.05, 4.69) is 42.9 Å². The van der Waals surface area contributed by atoms with Crippen LogP contribution in [-0.2, 0) is 30.4 Å². The van der Waals surface area contributed by atoms with Gasteiger partial charge in [0.05, 0.1) is 39.5 Å². The zero-order valence-electron chi connectivity index (χ0n) is 36.4. The fraction of sp³-hybridized carbons (Fsp3) is 0.0208. The standard InChI is InChI=1S/C15H10FN3O2S.C8H7NO3S.C8H7N.C7H5FN2.C5H7NO3S.C5H5N/c16-12-7-10(8-17)5-6-14(12)19-22(20,21)15-9-18-13-4-2-1-3-11(13)15;10-13(11,12)8-5-9-7-4-2-1-3-6(7)8;1-2-4-8-7(3-1)5-6-9-8;8-6-3-5(4-9)1-2-7(6)10;7-10(8,9)6-4-2-1-3-5-6;1-2-4-6-5-3-1/h1-7,9,18-19H;1-5,9H,(H,10,11,12);1-6,9H;1-3H,10H2;1-4H,5H2,(H,7,8,9);1-5H/p+1. The molecule has 0 aliphatic carbocycles. The van der Waals surface area contributed by atoms with Gasteiger partial charge in [-0.2, -0.15) is 14.8 Å². The summed E-state index contributed by atoms with van der Waals surface area (Å²) in [5, 5.41) is 19.2. The first kappa shape index (κ1) is 52.5. The van der Waals surface area contributed by atoms with Crippen LogP contribution in [0.4, 0.5) is 20.2 Å². The molecule has 0 radical (unpaired) electrons. The topological polar surface area (TPSA) is 297 Å². The molecule has 0 spiro atoms. The Balaban J connectivity index is 0.000000165. The van der Waals surface area contributed by atoms with Gasteiger partial charge in [0.25, 0.3) is 10.0 Å². The molecule has 5 aromatic carbocycles. The molecule has 358 valence electrons. The molecule has 9 aromatic rings. The number of hydrogen-bond donors (Lipinski definition) is 7. The van der Waals surface area contributed by atoms with Crippen LogP contribution >= 0.6 is 0 Å². The van der Waals surface area contributed by atoms with Crippen molar-refractivity contribution in [3.05, 3.63) is 212 Å². The van der Waals surface area contributed by atoms with E-state index < -0.39 is 42.1 Å². The summed E-state index contributed by atoms with van der Waals surface area (Å²) in [7, 11) is -12.3. The van der Waals surface area contributed by atoms with E-state index in [0.717, 1.165) is 12.1 Å². The molecule has 0 saturated carbocycles. The largest absolute Gasteiger partial charge is 0.744 e. The molecule has 10 rings (SSSR count). The number of nitriles is 2. The summed E-state index contributed by atoms with van der Waals surface area (Å²) in [5.74, 6) is -1.35. The summed E-state index contributed by atoms with van der Waals surface area (Å²) >= 11 is 0. The number of sulfonamides is 1. The van der Waals surface area contributed by atoms with Crippen LogP contribution < -0.4 is 19.7 Å². The van der Waals surface area contributed by atoms with Gasteiger partial charge in [-0.1, -0.05) is 66.7 Å². The van der Waals surface area contributed by atoms with E-state index in [-0.39, 0.29) is 43.1 Å². The minimum atomic E-state index is -4.37. The number of pyridine rings is 1. The molecule has 0 fully saturated rings. The van der Waals surface area contributed by atoms with Crippen LogP contribution in [0.3, 0.4) is 0 Å². The fourth-order valence-corrected chi connectivity index (χ4v) is 8.46. The van der Waals surface area contributed by atoms with Gasteiger partial charge in [-0.15, -0.1) is 8.42 Å². The summed E-state index contributed by atoms with van der Waals surface area (Å²) in [6.45, 7) is 0.287. The SMILES string of the molecule is N#Cc1ccc(N)c(F)c1.N#Cc1ccc(NS(=O)(=O)c2c[nH]c3ccccc23)c(F)c1.O=S(=O)(O)[NH+]1C=CC=CC1.O=S(=O)([O-])c1c[nH]c2ccccc12.c1cc[nH+]cc1.c1ccc2[nH]ccc2c1. The van der Waals surface area contributed by atoms with Crippen LogP contribution in [0.5, 0.6) is 0 Å². The number of quaternary nitrogens is 1. The molecule has 70 heavy (non-hydrogen) atoms. The lowest BCUT2D eigenvalue weighted by molar-refractivity contribution is -0.704. The quantitative estimate of drug-likeness (QED) is 0.0698. The lowest BCUT2D eigenvalue weighted by Crippen LogP contribution is -3.09. The molecule has 5 heterocycles. The van der Waals surface area contributed by atoms with Crippen molar-refractivity contribution in [2.75, 3.05) is 17.0 Å². The maximum absolute atomic E-state index is 13.8. The van der Waals surface area contributed by atoms with E-state index in [0.29, 0.717) is 21.8 Å². The molecule has 0 bridgehead atoms. The Morgan fingerprint density at radius 1 is 0.671 bits per heavy atom. The Bertz CT molecular complexity index is 3620. The van der Waals surface area contributed by atoms with Crippen molar-refractivity contribution in [1.29, 1.82) is 10.5 Å². The van der Waals surface area contributed by atoms with Crippen LogP contribution in [0, 0.1) is 34.3 Å². The van der Waals surface area contributed by atoms with Crippen LogP contribution in [-0.4, -0.2) is 55.9 Å². The van der Waals surface area contributed by atoms with E-state index in [9.17, 15) is 38.6 Å². The molecule has 0 amide bonds. The van der Waals surface area contributed by atoms with Crippen molar-refractivity contribution >= 4 is 74.5 Å². The number of aromatic nitrogens is 4. The van der Waals surface area contributed by atoms with Gasteiger partial charge in [-0.05, 0) is 78.2 Å². The van der Waals surface area contributed by atoms with Gasteiger partial charge >= 0.3 is 10.3 Å². The number of hydrogen-bond acceptors (Lipinski definition) is 10. The van der Waals surface area contributed by atoms with Gasteiger partial charge in [-0.3, -0.25) is 4.72 Å². The normalized spacial score (nSPS) is 12.6. The third-order valence-corrected chi connectivity index (χ3v) is 12.6. The Kier molecular flexibility index (Phi) is 18.4. The first-order valence-corrected chi connectivity index (χ1v) is 24.6. The second-order valence-corrected chi connectivity index (χ2v) is 18.7. The summed E-state index contributed by atoms with van der Waals surface area (Å²) in [6.07, 6.45) is 14.6. The molecule has 9 N–H and O–H groups in total. The number of nitrogen functional groups attached to an aromatic ring is 1. The number of fused-ring (bicyclic) bond motifs is 3. The van der Waals surface area contributed by atoms with Gasteiger partial charge in [-0.25, -0.2) is 35.2 Å². The monoisotopic (exact) mass is 1010 g/mol. The number of nitrogens with one attached hydrogen (secondary N) is 6. The highest BCUT2D eigenvalue weighted by Gasteiger charge is 2.21. The van der Waals surface area contributed by atoms with E-state index in [1.807, 2.05) is 48.9 Å². The molecular formula is C48H42F2N9O8S3+. The number of nitrogens with two attached hydrogens (primary N) is 1. The molecule has 1 aliphatic heterocycles.